The Morgan fingerprint density at radius 2 is 1.67 bits per heavy atom. The first-order valence-electron chi connectivity index (χ1n) is 11.6. The van der Waals surface area contributed by atoms with Crippen LogP contribution in [-0.2, 0) is 11.6 Å². The van der Waals surface area contributed by atoms with Gasteiger partial charge in [0.15, 0.2) is 0 Å². The molecule has 0 atom stereocenters. The van der Waals surface area contributed by atoms with E-state index < -0.39 is 39.3 Å². The molecule has 228 valence electrons. The summed E-state index contributed by atoms with van der Waals surface area (Å²) in [7, 11) is 0. The Kier molecular flexibility index (Phi) is 9.97. The molecule has 0 spiro atoms. The number of aromatic nitrogens is 4. The molecule has 2 N–H and O–H groups in total. The average Bonchev–Trinajstić information content (AvgIpc) is 3.46. The smallest absolute Gasteiger partial charge is 0.442 e. The molecule has 43 heavy (non-hydrogen) atoms. The fraction of sp³-hybridized carbons (Fsp3) is 0.240. The Labute approximate surface area is 261 Å². The number of ether oxygens (including phenoxy) is 1. The van der Waals surface area contributed by atoms with Crippen molar-refractivity contribution in [3.8, 4) is 29.5 Å². The molecule has 2 aromatic heterocycles. The molecule has 0 saturated carbocycles. The third-order valence-corrected chi connectivity index (χ3v) is 6.44. The van der Waals surface area contributed by atoms with Crippen molar-refractivity contribution in [1.29, 1.82) is 0 Å². The highest BCUT2D eigenvalue weighted by molar-refractivity contribution is 6.38. The summed E-state index contributed by atoms with van der Waals surface area (Å²) in [4.78, 5) is 21.9. The summed E-state index contributed by atoms with van der Waals surface area (Å²) >= 11 is 23.7. The quantitative estimate of drug-likeness (QED) is 0.133. The van der Waals surface area contributed by atoms with E-state index in [1.807, 2.05) is 20.8 Å². The summed E-state index contributed by atoms with van der Waals surface area (Å²) in [6.45, 7) is 5.69. The Hall–Kier alpha value is -3.90. The van der Waals surface area contributed by atoms with Gasteiger partial charge >= 0.3 is 17.6 Å². The predicted molar refractivity (Wildman–Crippen MR) is 155 cm³/mol. The van der Waals surface area contributed by atoms with Gasteiger partial charge < -0.3 is 14.9 Å². The highest BCUT2D eigenvalue weighted by Crippen LogP contribution is 2.39. The maximum absolute atomic E-state index is 12.6. The number of anilines is 1. The molecule has 2 aromatic carbocycles. The summed E-state index contributed by atoms with van der Waals surface area (Å²) in [6.07, 6.45) is 1.37. The molecule has 0 bridgehead atoms. The van der Waals surface area contributed by atoms with E-state index in [0.717, 1.165) is 15.6 Å². The molecule has 4 rings (SSSR count). The van der Waals surface area contributed by atoms with Crippen LogP contribution < -0.4 is 16.2 Å². The molecule has 4 aromatic rings. The molecule has 18 heteroatoms. The number of halogens is 7. The van der Waals surface area contributed by atoms with Crippen molar-refractivity contribution >= 4 is 57.9 Å². The second-order valence-electron chi connectivity index (χ2n) is 9.43. The monoisotopic (exact) mass is 680 g/mol. The van der Waals surface area contributed by atoms with Crippen molar-refractivity contribution < 1.29 is 27.2 Å². The SMILES string of the molecule is C#CCOc1cc(-n2nc(C(C)(C)C)oc2=O)c(Cl)cc1Cl.Nc1c([N+](=O)[O-])cnn1-c1c(Cl)cc(C(F)(F)F)cc1Cl. The van der Waals surface area contributed by atoms with Gasteiger partial charge in [0.2, 0.25) is 11.7 Å². The molecule has 0 fully saturated rings. The molecule has 0 aliphatic rings. The van der Waals surface area contributed by atoms with E-state index in [2.05, 4.69) is 16.1 Å². The Morgan fingerprint density at radius 3 is 2.14 bits per heavy atom. The second-order valence-corrected chi connectivity index (χ2v) is 11.1. The Bertz CT molecular complexity index is 1760. The number of nitrogens with zero attached hydrogens (tertiary/aromatic N) is 5. The molecule has 0 aliphatic carbocycles. The van der Waals surface area contributed by atoms with Gasteiger partial charge in [0.1, 0.15) is 24.2 Å². The van der Waals surface area contributed by atoms with Crippen LogP contribution in [0.4, 0.5) is 24.7 Å². The molecule has 11 nitrogen and oxygen atoms in total. The normalized spacial score (nSPS) is 11.5. The van der Waals surface area contributed by atoms with E-state index in [1.54, 1.807) is 0 Å². The van der Waals surface area contributed by atoms with Gasteiger partial charge in [0, 0.05) is 11.5 Å². The number of hydrogen-bond donors (Lipinski definition) is 1. The van der Waals surface area contributed by atoms with Gasteiger partial charge in [-0.2, -0.15) is 23.0 Å². The number of hydrogen-bond acceptors (Lipinski definition) is 8. The molecule has 0 amide bonds. The number of alkyl halides is 3. The van der Waals surface area contributed by atoms with Crippen LogP contribution in [0.2, 0.25) is 20.1 Å². The zero-order chi connectivity index (χ0) is 32.4. The average molecular weight is 682 g/mol. The number of rotatable bonds is 5. The van der Waals surface area contributed by atoms with Crippen molar-refractivity contribution in [3.63, 3.8) is 0 Å². The van der Waals surface area contributed by atoms with Crippen LogP contribution in [-0.4, -0.2) is 31.1 Å². The van der Waals surface area contributed by atoms with E-state index in [0.29, 0.717) is 29.5 Å². The van der Waals surface area contributed by atoms with E-state index in [4.69, 9.17) is 67.7 Å². The Morgan fingerprint density at radius 1 is 1.07 bits per heavy atom. The van der Waals surface area contributed by atoms with E-state index in [-0.39, 0.29) is 32.4 Å². The number of nitrogens with two attached hydrogens (primary N) is 1. The zero-order valence-electron chi connectivity index (χ0n) is 22.2. The van der Waals surface area contributed by atoms with Gasteiger partial charge in [-0.15, -0.1) is 11.5 Å². The summed E-state index contributed by atoms with van der Waals surface area (Å²) in [5.41, 5.74) is 3.68. The standard InChI is InChI=1S/C15H14Cl2N2O3.C10H5Cl2F3N4O2/c1-5-6-21-12-8-11(9(16)7-10(12)17)19-14(20)22-13(18-19)15(2,3)4;11-5-1-4(10(13,14)15)2-6(12)8(5)18-9(16)7(3-17-18)19(20)21/h1,7-8H,6H2,2-4H3;1-3H,16H2. The molecular weight excluding hydrogens is 663 g/mol. The topological polar surface area (TPSA) is 144 Å². The zero-order valence-corrected chi connectivity index (χ0v) is 25.2. The van der Waals surface area contributed by atoms with Crippen molar-refractivity contribution in [2.24, 2.45) is 0 Å². The van der Waals surface area contributed by atoms with Crippen molar-refractivity contribution in [2.75, 3.05) is 12.3 Å². The van der Waals surface area contributed by atoms with Crippen molar-refractivity contribution in [3.05, 3.63) is 82.7 Å². The summed E-state index contributed by atoms with van der Waals surface area (Å²) < 4.78 is 50.2. The minimum absolute atomic E-state index is 0.0434. The summed E-state index contributed by atoms with van der Waals surface area (Å²) in [5.74, 6) is 1.91. The van der Waals surface area contributed by atoms with Crippen LogP contribution in [0.5, 0.6) is 5.75 Å². The highest BCUT2D eigenvalue weighted by atomic mass is 35.5. The third kappa shape index (κ3) is 7.55. The van der Waals surface area contributed by atoms with Crippen molar-refractivity contribution in [2.45, 2.75) is 32.4 Å². The van der Waals surface area contributed by atoms with E-state index in [9.17, 15) is 28.1 Å². The summed E-state index contributed by atoms with van der Waals surface area (Å²) in [5, 5.41) is 18.2. The first-order valence-corrected chi connectivity index (χ1v) is 13.1. The van der Waals surface area contributed by atoms with Crippen LogP contribution in [0.1, 0.15) is 32.2 Å². The first kappa shape index (κ1) is 33.6. The lowest BCUT2D eigenvalue weighted by Crippen LogP contribution is -2.15. The number of nitrogen functional groups attached to an aromatic ring is 1. The first-order chi connectivity index (χ1) is 19.9. The molecule has 0 unspecified atom stereocenters. The van der Waals surface area contributed by atoms with Gasteiger partial charge in [0.05, 0.1) is 36.3 Å². The number of terminal acetylenes is 1. The van der Waals surface area contributed by atoms with Crippen LogP contribution in [0.25, 0.3) is 11.4 Å². The van der Waals surface area contributed by atoms with Crippen molar-refractivity contribution in [1.82, 2.24) is 19.6 Å². The fourth-order valence-electron chi connectivity index (χ4n) is 3.24. The third-order valence-electron chi connectivity index (χ3n) is 5.27. The minimum Gasteiger partial charge on any atom is -0.479 e. The largest absolute Gasteiger partial charge is 0.479 e. The minimum atomic E-state index is -4.63. The molecular formula is C25H19Cl4F3N6O5. The fourth-order valence-corrected chi connectivity index (χ4v) is 4.41. The van der Waals surface area contributed by atoms with Crippen LogP contribution in [0.15, 0.2) is 39.7 Å². The van der Waals surface area contributed by atoms with Gasteiger partial charge in [0.25, 0.3) is 0 Å². The van der Waals surface area contributed by atoms with Gasteiger partial charge in [-0.3, -0.25) is 10.1 Å². The predicted octanol–water partition coefficient (Wildman–Crippen LogP) is 7.13. The van der Waals surface area contributed by atoms with Gasteiger partial charge in [-0.1, -0.05) is 73.1 Å². The molecule has 0 aliphatic heterocycles. The number of benzene rings is 2. The summed E-state index contributed by atoms with van der Waals surface area (Å²) in [6, 6.07) is 4.23. The van der Waals surface area contributed by atoms with E-state index in [1.165, 1.54) is 12.1 Å². The Balaban J connectivity index is 0.000000236. The van der Waals surface area contributed by atoms with Gasteiger partial charge in [-0.25, -0.2) is 9.48 Å². The highest BCUT2D eigenvalue weighted by Gasteiger charge is 2.33. The molecule has 0 saturated heterocycles. The maximum atomic E-state index is 12.6. The lowest BCUT2D eigenvalue weighted by atomic mass is 9.97. The lowest BCUT2D eigenvalue weighted by molar-refractivity contribution is -0.383. The molecule has 2 heterocycles. The second kappa shape index (κ2) is 12.8. The van der Waals surface area contributed by atoms with Crippen LogP contribution in [0.3, 0.4) is 0 Å². The van der Waals surface area contributed by atoms with Gasteiger partial charge in [-0.05, 0) is 18.2 Å². The maximum Gasteiger partial charge on any atom is 0.442 e. The van der Waals surface area contributed by atoms with E-state index >= 15 is 0 Å². The molecule has 0 radical (unpaired) electrons. The van der Waals surface area contributed by atoms with Crippen LogP contribution >= 0.6 is 46.4 Å². The lowest BCUT2D eigenvalue weighted by Gasteiger charge is -2.12. The van der Waals surface area contributed by atoms with Crippen LogP contribution in [0, 0.1) is 22.5 Å². The number of nitro groups is 1.